The van der Waals surface area contributed by atoms with Crippen LogP contribution in [0.3, 0.4) is 0 Å². The lowest BCUT2D eigenvalue weighted by molar-refractivity contribution is 0.0697. The lowest BCUT2D eigenvalue weighted by Crippen LogP contribution is -2.00. The zero-order valence-corrected chi connectivity index (χ0v) is 11.6. The summed E-state index contributed by atoms with van der Waals surface area (Å²) in [5.41, 5.74) is 0.104. The molecule has 1 aromatic carbocycles. The number of halogens is 1. The van der Waals surface area contributed by atoms with Gasteiger partial charge in [-0.3, -0.25) is 0 Å². The number of aromatic carboxylic acids is 1. The number of nitrogens with zero attached hydrogens (tertiary/aromatic N) is 2. The summed E-state index contributed by atoms with van der Waals surface area (Å²) in [5.74, 6) is 0.324. The van der Waals surface area contributed by atoms with Crippen LogP contribution in [0.4, 0.5) is 0 Å². The number of carbonyl (C=O) groups is 1. The van der Waals surface area contributed by atoms with Crippen molar-refractivity contribution in [2.45, 2.75) is 26.4 Å². The molecule has 1 heterocycles. The Morgan fingerprint density at radius 3 is 2.95 bits per heavy atom. The highest BCUT2D eigenvalue weighted by molar-refractivity contribution is 6.32. The molecule has 0 aliphatic rings. The topological polar surface area (TPSA) is 85.5 Å². The minimum absolute atomic E-state index is 0.104. The number of rotatable bonds is 6. The van der Waals surface area contributed by atoms with Crippen LogP contribution >= 0.6 is 11.6 Å². The first kappa shape index (κ1) is 14.3. The summed E-state index contributed by atoms with van der Waals surface area (Å²) in [5, 5.41) is 12.8. The van der Waals surface area contributed by atoms with Crippen LogP contribution in [0.15, 0.2) is 22.7 Å². The molecule has 0 amide bonds. The molecule has 1 N–H and O–H groups in total. The van der Waals surface area contributed by atoms with Crippen molar-refractivity contribution in [1.82, 2.24) is 10.1 Å². The second kappa shape index (κ2) is 6.38. The molecule has 0 saturated carbocycles. The summed E-state index contributed by atoms with van der Waals surface area (Å²) in [6.07, 6.45) is 1.64. The van der Waals surface area contributed by atoms with Gasteiger partial charge < -0.3 is 14.4 Å². The molecule has 6 nitrogen and oxygen atoms in total. The van der Waals surface area contributed by atoms with Crippen molar-refractivity contribution in [3.63, 3.8) is 0 Å². The Bertz CT molecular complexity index is 612. The van der Waals surface area contributed by atoms with Gasteiger partial charge >= 0.3 is 5.97 Å². The van der Waals surface area contributed by atoms with Gasteiger partial charge in [0.05, 0.1) is 10.6 Å². The average molecular weight is 297 g/mol. The first-order valence-corrected chi connectivity index (χ1v) is 6.45. The van der Waals surface area contributed by atoms with E-state index in [-0.39, 0.29) is 17.2 Å². The molecule has 106 valence electrons. The molecule has 20 heavy (non-hydrogen) atoms. The predicted molar refractivity (Wildman–Crippen MR) is 71.0 cm³/mol. The largest absolute Gasteiger partial charge is 0.484 e. The molecule has 0 saturated heterocycles. The number of hydrogen-bond acceptors (Lipinski definition) is 5. The van der Waals surface area contributed by atoms with Crippen molar-refractivity contribution in [3.05, 3.63) is 40.5 Å². The lowest BCUT2D eigenvalue weighted by Gasteiger charge is -2.06. The Morgan fingerprint density at radius 2 is 2.30 bits per heavy atom. The summed E-state index contributed by atoms with van der Waals surface area (Å²) < 4.78 is 10.5. The maximum atomic E-state index is 10.8. The number of carboxylic acid groups (broad SMARTS) is 1. The maximum absolute atomic E-state index is 10.8. The second-order valence-corrected chi connectivity index (χ2v) is 4.50. The quantitative estimate of drug-likeness (QED) is 0.882. The summed E-state index contributed by atoms with van der Waals surface area (Å²) in [6, 6.07) is 4.25. The van der Waals surface area contributed by atoms with Gasteiger partial charge in [0.2, 0.25) is 11.7 Å². The van der Waals surface area contributed by atoms with Crippen molar-refractivity contribution in [1.29, 1.82) is 0 Å². The Labute approximate surface area is 120 Å². The van der Waals surface area contributed by atoms with Crippen LogP contribution in [-0.2, 0) is 13.0 Å². The molecule has 0 aliphatic carbocycles. The molecule has 0 aliphatic heterocycles. The van der Waals surface area contributed by atoms with Gasteiger partial charge in [-0.15, -0.1) is 0 Å². The molecule has 1 aromatic heterocycles. The molecule has 2 aromatic rings. The third kappa shape index (κ3) is 3.48. The molecule has 0 bridgehead atoms. The van der Waals surface area contributed by atoms with Crippen molar-refractivity contribution in [3.8, 4) is 5.75 Å². The SMILES string of the molecule is CCCc1nc(COc2ccc(C(=O)O)cc2Cl)no1. The van der Waals surface area contributed by atoms with Crippen molar-refractivity contribution in [2.24, 2.45) is 0 Å². The predicted octanol–water partition coefficient (Wildman–Crippen LogP) is 2.95. The van der Waals surface area contributed by atoms with Gasteiger partial charge in [-0.05, 0) is 24.6 Å². The van der Waals surface area contributed by atoms with Crippen LogP contribution in [0, 0.1) is 0 Å². The van der Waals surface area contributed by atoms with E-state index in [1.54, 1.807) is 0 Å². The van der Waals surface area contributed by atoms with Gasteiger partial charge in [0.1, 0.15) is 5.75 Å². The first-order valence-electron chi connectivity index (χ1n) is 6.07. The van der Waals surface area contributed by atoms with Crippen molar-refractivity contribution >= 4 is 17.6 Å². The zero-order chi connectivity index (χ0) is 14.5. The van der Waals surface area contributed by atoms with Crippen LogP contribution < -0.4 is 4.74 Å². The van der Waals surface area contributed by atoms with Crippen LogP contribution in [-0.4, -0.2) is 21.2 Å². The number of benzene rings is 1. The van der Waals surface area contributed by atoms with Gasteiger partial charge in [0, 0.05) is 6.42 Å². The van der Waals surface area contributed by atoms with E-state index in [0.29, 0.717) is 17.5 Å². The zero-order valence-electron chi connectivity index (χ0n) is 10.8. The molecule has 0 unspecified atom stereocenters. The number of aromatic nitrogens is 2. The molecule has 0 fully saturated rings. The standard InChI is InChI=1S/C13H13ClN2O4/c1-2-3-12-15-11(16-20-12)7-19-10-5-4-8(13(17)18)6-9(10)14/h4-6H,2-3,7H2,1H3,(H,17,18). The molecule has 0 atom stereocenters. The number of carboxylic acids is 1. The third-order valence-corrected chi connectivity index (χ3v) is 2.80. The summed E-state index contributed by atoms with van der Waals surface area (Å²) in [6.45, 7) is 2.13. The molecular weight excluding hydrogens is 284 g/mol. The van der Waals surface area contributed by atoms with Crippen LogP contribution in [0.1, 0.15) is 35.4 Å². The van der Waals surface area contributed by atoms with Crippen LogP contribution in [0.2, 0.25) is 5.02 Å². The van der Waals surface area contributed by atoms with Gasteiger partial charge in [-0.25, -0.2) is 4.79 Å². The van der Waals surface area contributed by atoms with Crippen LogP contribution in [0.25, 0.3) is 0 Å². The first-order chi connectivity index (χ1) is 9.60. The molecule has 2 rings (SSSR count). The number of aryl methyl sites for hydroxylation is 1. The van der Waals surface area contributed by atoms with E-state index >= 15 is 0 Å². The van der Waals surface area contributed by atoms with E-state index in [4.69, 9.17) is 26.0 Å². The Kier molecular flexibility index (Phi) is 4.57. The van der Waals surface area contributed by atoms with Gasteiger partial charge in [-0.1, -0.05) is 23.7 Å². The minimum Gasteiger partial charge on any atom is -0.484 e. The third-order valence-electron chi connectivity index (χ3n) is 2.51. The number of ether oxygens (including phenoxy) is 1. The average Bonchev–Trinajstić information content (AvgIpc) is 2.85. The highest BCUT2D eigenvalue weighted by Crippen LogP contribution is 2.26. The fourth-order valence-electron chi connectivity index (χ4n) is 1.56. The van der Waals surface area contributed by atoms with E-state index in [1.165, 1.54) is 18.2 Å². The van der Waals surface area contributed by atoms with E-state index in [1.807, 2.05) is 6.92 Å². The van der Waals surface area contributed by atoms with Gasteiger partial charge in [-0.2, -0.15) is 4.98 Å². The second-order valence-electron chi connectivity index (χ2n) is 4.09. The van der Waals surface area contributed by atoms with Gasteiger partial charge in [0.25, 0.3) is 0 Å². The summed E-state index contributed by atoms with van der Waals surface area (Å²) in [7, 11) is 0. The Hall–Kier alpha value is -2.08. The summed E-state index contributed by atoms with van der Waals surface area (Å²) in [4.78, 5) is 14.9. The minimum atomic E-state index is -1.04. The highest BCUT2D eigenvalue weighted by atomic mass is 35.5. The fraction of sp³-hybridized carbons (Fsp3) is 0.308. The van der Waals surface area contributed by atoms with Crippen LogP contribution in [0.5, 0.6) is 5.75 Å². The van der Waals surface area contributed by atoms with Gasteiger partial charge in [0.15, 0.2) is 6.61 Å². The highest BCUT2D eigenvalue weighted by Gasteiger charge is 2.10. The Balaban J connectivity index is 2.01. The molecular formula is C13H13ClN2O4. The monoisotopic (exact) mass is 296 g/mol. The van der Waals surface area contributed by atoms with E-state index in [2.05, 4.69) is 10.1 Å². The Morgan fingerprint density at radius 1 is 1.50 bits per heavy atom. The van der Waals surface area contributed by atoms with E-state index in [9.17, 15) is 4.79 Å². The van der Waals surface area contributed by atoms with E-state index in [0.717, 1.165) is 12.8 Å². The fourth-order valence-corrected chi connectivity index (χ4v) is 1.79. The lowest BCUT2D eigenvalue weighted by atomic mass is 10.2. The van der Waals surface area contributed by atoms with E-state index < -0.39 is 5.97 Å². The molecule has 0 radical (unpaired) electrons. The maximum Gasteiger partial charge on any atom is 0.335 e. The van der Waals surface area contributed by atoms with Crippen molar-refractivity contribution < 1.29 is 19.2 Å². The summed E-state index contributed by atoms with van der Waals surface area (Å²) >= 11 is 5.94. The van der Waals surface area contributed by atoms with Crippen molar-refractivity contribution in [2.75, 3.05) is 0 Å². The molecule has 0 spiro atoms. The smallest absolute Gasteiger partial charge is 0.335 e. The number of hydrogen-bond donors (Lipinski definition) is 1. The molecule has 7 heteroatoms. The normalized spacial score (nSPS) is 10.5.